The van der Waals surface area contributed by atoms with Crippen molar-refractivity contribution in [2.45, 2.75) is 6.42 Å². The molecule has 2 heteroatoms. The lowest BCUT2D eigenvalue weighted by Gasteiger charge is -1.86. The van der Waals surface area contributed by atoms with Gasteiger partial charge in [0.1, 0.15) is 5.76 Å². The van der Waals surface area contributed by atoms with Gasteiger partial charge in [-0.2, -0.15) is 0 Å². The lowest BCUT2D eigenvalue weighted by molar-refractivity contribution is 0.518. The molecule has 0 N–H and O–H groups in total. The molecular formula is C12H9NO. The Labute approximate surface area is 82.6 Å². The second-order valence-electron chi connectivity index (χ2n) is 2.81. The second-order valence-corrected chi connectivity index (χ2v) is 2.81. The van der Waals surface area contributed by atoms with Gasteiger partial charge in [0.2, 0.25) is 0 Å². The van der Waals surface area contributed by atoms with Crippen molar-refractivity contribution >= 4 is 0 Å². The number of benzene rings is 1. The number of hydrogen-bond acceptors (Lipinski definition) is 2. The molecule has 0 bridgehead atoms. The zero-order chi connectivity index (χ0) is 9.64. The molecule has 0 fully saturated rings. The summed E-state index contributed by atoms with van der Waals surface area (Å²) in [5.41, 5.74) is 1.02. The van der Waals surface area contributed by atoms with Crippen LogP contribution in [-0.2, 0) is 6.42 Å². The Hall–Kier alpha value is -2.01. The van der Waals surface area contributed by atoms with Crippen LogP contribution in [-0.4, -0.2) is 4.98 Å². The Morgan fingerprint density at radius 1 is 1.21 bits per heavy atom. The average molecular weight is 183 g/mol. The van der Waals surface area contributed by atoms with Gasteiger partial charge in [0.15, 0.2) is 6.39 Å². The summed E-state index contributed by atoms with van der Waals surface area (Å²) in [6.07, 6.45) is 3.70. The first-order chi connectivity index (χ1) is 6.95. The lowest BCUT2D eigenvalue weighted by atomic mass is 10.2. The largest absolute Gasteiger partial charge is 0.448 e. The second kappa shape index (κ2) is 4.29. The van der Waals surface area contributed by atoms with Gasteiger partial charge in [-0.1, -0.05) is 30.0 Å². The van der Waals surface area contributed by atoms with Crippen molar-refractivity contribution in [3.05, 3.63) is 54.2 Å². The third-order valence-electron chi connectivity index (χ3n) is 1.75. The maximum atomic E-state index is 5.06. The fraction of sp³-hybridized carbons (Fsp3) is 0.0833. The molecule has 2 aromatic rings. The van der Waals surface area contributed by atoms with Crippen LogP contribution in [0.15, 0.2) is 47.3 Å². The van der Waals surface area contributed by atoms with Crippen LogP contribution in [0.1, 0.15) is 11.3 Å². The first-order valence-electron chi connectivity index (χ1n) is 4.36. The first kappa shape index (κ1) is 8.58. The predicted molar refractivity (Wildman–Crippen MR) is 53.5 cm³/mol. The molecule has 0 radical (unpaired) electrons. The minimum atomic E-state index is 0.606. The van der Waals surface area contributed by atoms with E-state index in [1.807, 2.05) is 30.3 Å². The summed E-state index contributed by atoms with van der Waals surface area (Å²) in [5, 5.41) is 0. The summed E-state index contributed by atoms with van der Waals surface area (Å²) in [5.74, 6) is 6.86. The van der Waals surface area contributed by atoms with Gasteiger partial charge >= 0.3 is 0 Å². The third kappa shape index (κ3) is 2.24. The average Bonchev–Trinajstić information content (AvgIpc) is 2.72. The van der Waals surface area contributed by atoms with Gasteiger partial charge < -0.3 is 4.42 Å². The van der Waals surface area contributed by atoms with Gasteiger partial charge in [-0.3, -0.25) is 0 Å². The smallest absolute Gasteiger partial charge is 0.180 e. The van der Waals surface area contributed by atoms with Gasteiger partial charge in [0.25, 0.3) is 0 Å². The molecule has 1 aromatic heterocycles. The van der Waals surface area contributed by atoms with E-state index in [0.717, 1.165) is 11.3 Å². The molecule has 0 amide bonds. The summed E-state index contributed by atoms with van der Waals surface area (Å²) >= 11 is 0. The molecule has 0 atom stereocenters. The molecule has 68 valence electrons. The van der Waals surface area contributed by atoms with Crippen LogP contribution in [0.25, 0.3) is 0 Å². The van der Waals surface area contributed by atoms with Gasteiger partial charge in [0, 0.05) is 5.56 Å². The normalized spacial score (nSPS) is 9.14. The van der Waals surface area contributed by atoms with E-state index in [-0.39, 0.29) is 0 Å². The van der Waals surface area contributed by atoms with E-state index < -0.39 is 0 Å². The minimum absolute atomic E-state index is 0.606. The Morgan fingerprint density at radius 2 is 2.07 bits per heavy atom. The highest BCUT2D eigenvalue weighted by Crippen LogP contribution is 1.98. The van der Waals surface area contributed by atoms with E-state index in [2.05, 4.69) is 16.8 Å². The lowest BCUT2D eigenvalue weighted by Crippen LogP contribution is -1.76. The zero-order valence-corrected chi connectivity index (χ0v) is 7.60. The van der Waals surface area contributed by atoms with Crippen LogP contribution >= 0.6 is 0 Å². The minimum Gasteiger partial charge on any atom is -0.448 e. The van der Waals surface area contributed by atoms with Crippen molar-refractivity contribution in [1.29, 1.82) is 0 Å². The molecule has 2 rings (SSSR count). The van der Waals surface area contributed by atoms with Gasteiger partial charge in [-0.25, -0.2) is 4.98 Å². The van der Waals surface area contributed by atoms with E-state index in [4.69, 9.17) is 4.42 Å². The molecule has 0 aliphatic heterocycles. The number of rotatable bonds is 1. The van der Waals surface area contributed by atoms with Crippen LogP contribution in [0.3, 0.4) is 0 Å². The van der Waals surface area contributed by atoms with E-state index in [0.29, 0.717) is 6.42 Å². The molecule has 0 aliphatic carbocycles. The van der Waals surface area contributed by atoms with Gasteiger partial charge in [-0.15, -0.1) is 0 Å². The van der Waals surface area contributed by atoms with Crippen molar-refractivity contribution < 1.29 is 4.42 Å². The van der Waals surface area contributed by atoms with Crippen LogP contribution in [0.4, 0.5) is 0 Å². The Morgan fingerprint density at radius 3 is 2.79 bits per heavy atom. The highest BCUT2D eigenvalue weighted by molar-refractivity contribution is 5.34. The van der Waals surface area contributed by atoms with Gasteiger partial charge in [-0.05, 0) is 12.1 Å². The molecule has 14 heavy (non-hydrogen) atoms. The number of oxazole rings is 1. The standard InChI is InChI=1S/C12H9NO/c1-2-5-11(6-3-1)7-4-8-12-9-13-10-14-12/h1-3,5-6,9-10H,8H2. The van der Waals surface area contributed by atoms with Crippen molar-refractivity contribution in [1.82, 2.24) is 4.98 Å². The Kier molecular flexibility index (Phi) is 2.63. The molecule has 0 spiro atoms. The quantitative estimate of drug-likeness (QED) is 0.634. The van der Waals surface area contributed by atoms with E-state index in [9.17, 15) is 0 Å². The maximum Gasteiger partial charge on any atom is 0.180 e. The molecule has 0 unspecified atom stereocenters. The number of aromatic nitrogens is 1. The van der Waals surface area contributed by atoms with Crippen LogP contribution < -0.4 is 0 Å². The van der Waals surface area contributed by atoms with E-state index in [1.165, 1.54) is 6.39 Å². The van der Waals surface area contributed by atoms with Crippen LogP contribution in [0.2, 0.25) is 0 Å². The van der Waals surface area contributed by atoms with Crippen LogP contribution in [0.5, 0.6) is 0 Å². The molecule has 2 nitrogen and oxygen atoms in total. The van der Waals surface area contributed by atoms with E-state index >= 15 is 0 Å². The zero-order valence-electron chi connectivity index (χ0n) is 7.60. The fourth-order valence-electron chi connectivity index (χ4n) is 1.08. The topological polar surface area (TPSA) is 26.0 Å². The molecule has 0 aliphatic rings. The molecule has 1 heterocycles. The van der Waals surface area contributed by atoms with Crippen molar-refractivity contribution in [3.63, 3.8) is 0 Å². The van der Waals surface area contributed by atoms with Crippen molar-refractivity contribution in [2.24, 2.45) is 0 Å². The summed E-state index contributed by atoms with van der Waals surface area (Å²) in [4.78, 5) is 3.81. The van der Waals surface area contributed by atoms with Crippen LogP contribution in [0, 0.1) is 11.8 Å². The Bertz CT molecular complexity index is 434. The molecule has 0 saturated heterocycles. The molecule has 0 saturated carbocycles. The van der Waals surface area contributed by atoms with Crippen molar-refractivity contribution in [3.8, 4) is 11.8 Å². The Balaban J connectivity index is 2.02. The summed E-state index contributed by atoms with van der Waals surface area (Å²) in [6.45, 7) is 0. The molecular weight excluding hydrogens is 174 g/mol. The number of hydrogen-bond donors (Lipinski definition) is 0. The van der Waals surface area contributed by atoms with Crippen molar-refractivity contribution in [2.75, 3.05) is 0 Å². The summed E-state index contributed by atoms with van der Waals surface area (Å²) in [7, 11) is 0. The summed E-state index contributed by atoms with van der Waals surface area (Å²) < 4.78 is 5.06. The van der Waals surface area contributed by atoms with Gasteiger partial charge in [0.05, 0.1) is 12.6 Å². The maximum absolute atomic E-state index is 5.06. The van der Waals surface area contributed by atoms with E-state index in [1.54, 1.807) is 6.20 Å². The SMILES string of the molecule is C(#Cc1ccccc1)Cc1cnco1. The predicted octanol–water partition coefficient (Wildman–Crippen LogP) is 2.27. The monoisotopic (exact) mass is 183 g/mol. The first-order valence-corrected chi connectivity index (χ1v) is 4.36. The third-order valence-corrected chi connectivity index (χ3v) is 1.75. The highest BCUT2D eigenvalue weighted by atomic mass is 16.3. The fourth-order valence-corrected chi connectivity index (χ4v) is 1.08. The molecule has 1 aromatic carbocycles. The number of nitrogens with zero attached hydrogens (tertiary/aromatic N) is 1. The summed E-state index contributed by atoms with van der Waals surface area (Å²) in [6, 6.07) is 9.87. The highest BCUT2D eigenvalue weighted by Gasteiger charge is 1.90.